The molecule has 7 nitrogen and oxygen atoms in total. The molecule has 3 rings (SSSR count). The van der Waals surface area contributed by atoms with Crippen molar-refractivity contribution in [3.63, 3.8) is 0 Å². The summed E-state index contributed by atoms with van der Waals surface area (Å²) >= 11 is 0. The Balaban J connectivity index is 1.67. The van der Waals surface area contributed by atoms with E-state index in [0.717, 1.165) is 17.1 Å². The number of sulfonamides is 1. The van der Waals surface area contributed by atoms with Gasteiger partial charge in [0, 0.05) is 32.2 Å². The van der Waals surface area contributed by atoms with Gasteiger partial charge in [0.15, 0.2) is 5.82 Å². The van der Waals surface area contributed by atoms with E-state index in [2.05, 4.69) is 21.2 Å². The van der Waals surface area contributed by atoms with Crippen molar-refractivity contribution in [2.75, 3.05) is 36.8 Å². The number of nitriles is 1. The van der Waals surface area contributed by atoms with Crippen LogP contribution in [0.1, 0.15) is 18.9 Å². The fourth-order valence-electron chi connectivity index (χ4n) is 2.93. The van der Waals surface area contributed by atoms with Gasteiger partial charge in [0.1, 0.15) is 0 Å². The van der Waals surface area contributed by atoms with E-state index in [0.29, 0.717) is 38.2 Å². The van der Waals surface area contributed by atoms with Crippen molar-refractivity contribution in [1.82, 2.24) is 14.5 Å². The van der Waals surface area contributed by atoms with Crippen LogP contribution in [0.25, 0.3) is 11.3 Å². The topological polar surface area (TPSA) is 93.1 Å². The molecule has 0 aliphatic carbocycles. The first-order chi connectivity index (χ1) is 12.0. The molecule has 0 radical (unpaired) electrons. The molecular formula is C17H21N5O2S. The number of aromatic amines is 1. The largest absolute Gasteiger partial charge is 0.352 e. The molecule has 25 heavy (non-hydrogen) atoms. The maximum Gasteiger partial charge on any atom is 0.214 e. The molecule has 0 bridgehead atoms. The lowest BCUT2D eigenvalue weighted by Gasteiger charge is -2.33. The van der Waals surface area contributed by atoms with Crippen LogP contribution in [0.4, 0.5) is 5.82 Å². The van der Waals surface area contributed by atoms with E-state index in [1.54, 1.807) is 16.4 Å². The minimum Gasteiger partial charge on any atom is -0.352 e. The van der Waals surface area contributed by atoms with Crippen LogP contribution >= 0.6 is 0 Å². The summed E-state index contributed by atoms with van der Waals surface area (Å²) in [7, 11) is -3.13. The predicted octanol–water partition coefficient (Wildman–Crippen LogP) is 1.81. The van der Waals surface area contributed by atoms with Crippen LogP contribution in [0.2, 0.25) is 0 Å². The Hall–Kier alpha value is -2.37. The van der Waals surface area contributed by atoms with Gasteiger partial charge in [-0.2, -0.15) is 14.7 Å². The minimum atomic E-state index is -3.13. The number of anilines is 1. The van der Waals surface area contributed by atoms with Gasteiger partial charge in [-0.15, -0.1) is 0 Å². The number of H-pyrrole nitrogens is 1. The highest BCUT2D eigenvalue weighted by Gasteiger charge is 2.27. The van der Waals surface area contributed by atoms with Crippen LogP contribution in [0, 0.1) is 11.3 Å². The Kier molecular flexibility index (Phi) is 5.06. The zero-order valence-electron chi connectivity index (χ0n) is 14.1. The molecule has 1 saturated heterocycles. The third kappa shape index (κ3) is 3.83. The summed E-state index contributed by atoms with van der Waals surface area (Å²) in [4.78, 5) is 2.08. The molecule has 0 unspecified atom stereocenters. The maximum atomic E-state index is 12.1. The molecule has 132 valence electrons. The fourth-order valence-corrected chi connectivity index (χ4v) is 4.42. The molecule has 1 fully saturated rings. The quantitative estimate of drug-likeness (QED) is 0.879. The fraction of sp³-hybridized carbons (Fsp3) is 0.412. The zero-order valence-corrected chi connectivity index (χ0v) is 15.0. The van der Waals surface area contributed by atoms with Crippen molar-refractivity contribution < 1.29 is 8.42 Å². The second-order valence-corrected chi connectivity index (χ2v) is 8.12. The molecule has 1 aromatic carbocycles. The highest BCUT2D eigenvalue weighted by atomic mass is 32.2. The van der Waals surface area contributed by atoms with Gasteiger partial charge in [0.25, 0.3) is 0 Å². The number of aromatic nitrogens is 2. The van der Waals surface area contributed by atoms with Gasteiger partial charge in [0.2, 0.25) is 10.0 Å². The first-order valence-electron chi connectivity index (χ1n) is 8.32. The summed E-state index contributed by atoms with van der Waals surface area (Å²) in [6.07, 6.45) is 0.635. The van der Waals surface area contributed by atoms with Gasteiger partial charge in [-0.3, -0.25) is 5.10 Å². The van der Waals surface area contributed by atoms with E-state index in [9.17, 15) is 8.42 Å². The Morgan fingerprint density at radius 1 is 1.20 bits per heavy atom. The SMILES string of the molecule is CCCS(=O)(=O)N1CCN(c2cc(-c3ccc(C#N)cc3)[nH]n2)CC1. The van der Waals surface area contributed by atoms with Crippen LogP contribution < -0.4 is 4.90 Å². The Morgan fingerprint density at radius 2 is 1.88 bits per heavy atom. The van der Waals surface area contributed by atoms with Crippen LogP contribution in [-0.2, 0) is 10.0 Å². The van der Waals surface area contributed by atoms with E-state index < -0.39 is 10.0 Å². The molecule has 0 amide bonds. The number of benzene rings is 1. The molecule has 0 spiro atoms. The standard InChI is InChI=1S/C17H21N5O2S/c1-2-11-25(23,24)22-9-7-21(8-10-22)17-12-16(19-20-17)15-5-3-14(13-18)4-6-15/h3-6,12H,2,7-11H2,1H3,(H,19,20). The van der Waals surface area contributed by atoms with Crippen molar-refractivity contribution in [2.24, 2.45) is 0 Å². The van der Waals surface area contributed by atoms with Crippen molar-refractivity contribution in [1.29, 1.82) is 5.26 Å². The molecule has 2 aromatic rings. The van der Waals surface area contributed by atoms with Crippen molar-refractivity contribution in [3.8, 4) is 17.3 Å². The smallest absolute Gasteiger partial charge is 0.214 e. The lowest BCUT2D eigenvalue weighted by molar-refractivity contribution is 0.383. The highest BCUT2D eigenvalue weighted by Crippen LogP contribution is 2.23. The molecule has 1 N–H and O–H groups in total. The number of nitrogens with zero attached hydrogens (tertiary/aromatic N) is 4. The Morgan fingerprint density at radius 3 is 2.48 bits per heavy atom. The van der Waals surface area contributed by atoms with Gasteiger partial charge in [-0.25, -0.2) is 8.42 Å². The van der Waals surface area contributed by atoms with Crippen molar-refractivity contribution in [2.45, 2.75) is 13.3 Å². The van der Waals surface area contributed by atoms with Crippen LogP contribution in [-0.4, -0.2) is 54.9 Å². The Labute approximate surface area is 147 Å². The normalized spacial score (nSPS) is 15.9. The van der Waals surface area contributed by atoms with E-state index in [1.165, 1.54) is 0 Å². The van der Waals surface area contributed by atoms with Gasteiger partial charge in [-0.05, 0) is 24.1 Å². The Bertz CT molecular complexity index is 859. The molecule has 8 heteroatoms. The van der Waals surface area contributed by atoms with E-state index >= 15 is 0 Å². The van der Waals surface area contributed by atoms with Crippen LogP contribution in [0.5, 0.6) is 0 Å². The number of rotatable bonds is 5. The van der Waals surface area contributed by atoms with Gasteiger partial charge in [-0.1, -0.05) is 19.1 Å². The van der Waals surface area contributed by atoms with E-state index in [1.807, 2.05) is 25.1 Å². The van der Waals surface area contributed by atoms with Crippen LogP contribution in [0.3, 0.4) is 0 Å². The summed E-state index contributed by atoms with van der Waals surface area (Å²) in [5, 5.41) is 16.2. The second kappa shape index (κ2) is 7.25. The molecule has 1 aliphatic rings. The summed E-state index contributed by atoms with van der Waals surface area (Å²) in [6.45, 7) is 4.10. The van der Waals surface area contributed by atoms with Crippen molar-refractivity contribution >= 4 is 15.8 Å². The molecule has 1 aliphatic heterocycles. The van der Waals surface area contributed by atoms with E-state index in [4.69, 9.17) is 5.26 Å². The first kappa shape index (κ1) is 17.5. The lowest BCUT2D eigenvalue weighted by Crippen LogP contribution is -2.49. The molecular weight excluding hydrogens is 338 g/mol. The number of hydrogen-bond acceptors (Lipinski definition) is 5. The third-order valence-corrected chi connectivity index (χ3v) is 6.38. The number of nitrogens with one attached hydrogen (secondary N) is 1. The average Bonchev–Trinajstić information content (AvgIpc) is 3.12. The van der Waals surface area contributed by atoms with Crippen LogP contribution in [0.15, 0.2) is 30.3 Å². The molecule has 0 saturated carbocycles. The predicted molar refractivity (Wildman–Crippen MR) is 96.6 cm³/mol. The molecule has 0 atom stereocenters. The molecule has 2 heterocycles. The number of piperazine rings is 1. The summed E-state index contributed by atoms with van der Waals surface area (Å²) < 4.78 is 25.8. The first-order valence-corrected chi connectivity index (χ1v) is 9.93. The van der Waals surface area contributed by atoms with Crippen molar-refractivity contribution in [3.05, 3.63) is 35.9 Å². The minimum absolute atomic E-state index is 0.207. The zero-order chi connectivity index (χ0) is 17.9. The molecule has 1 aromatic heterocycles. The van der Waals surface area contributed by atoms with E-state index in [-0.39, 0.29) is 5.75 Å². The van der Waals surface area contributed by atoms with Gasteiger partial charge < -0.3 is 4.90 Å². The van der Waals surface area contributed by atoms with Gasteiger partial charge in [0.05, 0.1) is 23.1 Å². The number of hydrogen-bond donors (Lipinski definition) is 1. The maximum absolute atomic E-state index is 12.1. The van der Waals surface area contributed by atoms with Gasteiger partial charge >= 0.3 is 0 Å². The highest BCUT2D eigenvalue weighted by molar-refractivity contribution is 7.89. The second-order valence-electron chi connectivity index (χ2n) is 6.03. The summed E-state index contributed by atoms with van der Waals surface area (Å²) in [5.74, 6) is 1.02. The summed E-state index contributed by atoms with van der Waals surface area (Å²) in [6, 6.07) is 11.4. The average molecular weight is 359 g/mol. The third-order valence-electron chi connectivity index (χ3n) is 4.31. The summed E-state index contributed by atoms with van der Waals surface area (Å²) in [5.41, 5.74) is 2.45. The lowest BCUT2D eigenvalue weighted by atomic mass is 10.1. The monoisotopic (exact) mass is 359 g/mol.